The van der Waals surface area contributed by atoms with Crippen molar-refractivity contribution in [2.45, 2.75) is 24.8 Å². The van der Waals surface area contributed by atoms with Gasteiger partial charge in [0, 0.05) is 30.9 Å². The normalized spacial score (nSPS) is 17.8. The zero-order valence-electron chi connectivity index (χ0n) is 16.6. The second kappa shape index (κ2) is 8.11. The van der Waals surface area contributed by atoms with Crippen LogP contribution in [0.4, 0.5) is 21.9 Å². The molecule has 2 N–H and O–H groups in total. The van der Waals surface area contributed by atoms with E-state index < -0.39 is 11.6 Å². The summed E-state index contributed by atoms with van der Waals surface area (Å²) in [6, 6.07) is 13.5. The molecule has 0 aliphatic carbocycles. The van der Waals surface area contributed by atoms with Gasteiger partial charge in [-0.05, 0) is 66.5 Å². The number of amides is 3. The van der Waals surface area contributed by atoms with Gasteiger partial charge in [-0.1, -0.05) is 0 Å². The zero-order valence-corrected chi connectivity index (χ0v) is 16.6. The van der Waals surface area contributed by atoms with Crippen LogP contribution in [0.1, 0.15) is 19.3 Å². The molecule has 2 heterocycles. The van der Waals surface area contributed by atoms with Crippen LogP contribution in [0, 0.1) is 4.91 Å². The topological polar surface area (TPSA) is 103 Å². The van der Waals surface area contributed by atoms with E-state index in [2.05, 4.69) is 20.8 Å². The minimum absolute atomic E-state index is 0.240. The van der Waals surface area contributed by atoms with Crippen LogP contribution in [0.3, 0.4) is 0 Å². The number of carbonyl (C=O) groups excluding carboxylic acids is 2. The fraction of sp³-hybridized carbons (Fsp3) is 0.333. The van der Waals surface area contributed by atoms with Crippen LogP contribution in [-0.2, 0) is 4.79 Å². The third-order valence-corrected chi connectivity index (χ3v) is 5.67. The Hall–Kier alpha value is -3.46. The number of ether oxygens (including phenoxy) is 1. The maximum atomic E-state index is 12.6. The standard InChI is InChI=1S/C21H23N5O4/c1-30-18-8-4-15(5-9-18)22-20(28)26-19(27)14-21(24-26)10-12-25(13-11-21)17-6-2-16(23-29)3-7-17/h2-9,24H,10-14H2,1H3,(H,22,28). The van der Waals surface area contributed by atoms with Gasteiger partial charge in [-0.25, -0.2) is 10.2 Å². The predicted molar refractivity (Wildman–Crippen MR) is 113 cm³/mol. The first-order chi connectivity index (χ1) is 14.5. The van der Waals surface area contributed by atoms with Gasteiger partial charge in [-0.2, -0.15) is 5.01 Å². The Balaban J connectivity index is 1.36. The molecule has 2 aromatic carbocycles. The number of hydrogen-bond acceptors (Lipinski definition) is 7. The van der Waals surface area contributed by atoms with E-state index in [-0.39, 0.29) is 12.3 Å². The van der Waals surface area contributed by atoms with E-state index in [1.54, 1.807) is 43.5 Å². The molecule has 0 bridgehead atoms. The van der Waals surface area contributed by atoms with Crippen LogP contribution in [-0.4, -0.2) is 42.7 Å². The second-order valence-corrected chi connectivity index (χ2v) is 7.55. The predicted octanol–water partition coefficient (Wildman–Crippen LogP) is 3.40. The summed E-state index contributed by atoms with van der Waals surface area (Å²) >= 11 is 0. The number of methoxy groups -OCH3 is 1. The van der Waals surface area contributed by atoms with Gasteiger partial charge in [-0.15, -0.1) is 4.91 Å². The molecule has 2 saturated heterocycles. The number of urea groups is 1. The molecule has 9 nitrogen and oxygen atoms in total. The molecule has 2 aliphatic heterocycles. The SMILES string of the molecule is COc1ccc(NC(=O)N2NC3(CCN(c4ccc(N=O)cc4)CC3)CC2=O)cc1. The quantitative estimate of drug-likeness (QED) is 0.750. The van der Waals surface area contributed by atoms with Crippen LogP contribution < -0.4 is 20.4 Å². The highest BCUT2D eigenvalue weighted by Crippen LogP contribution is 2.34. The summed E-state index contributed by atoms with van der Waals surface area (Å²) in [5, 5.41) is 6.74. The first kappa shape index (κ1) is 19.8. The molecule has 4 rings (SSSR count). The summed E-state index contributed by atoms with van der Waals surface area (Å²) in [5.41, 5.74) is 4.72. The molecule has 156 valence electrons. The van der Waals surface area contributed by atoms with E-state index in [9.17, 15) is 14.5 Å². The molecule has 0 radical (unpaired) electrons. The Labute approximate surface area is 173 Å². The Morgan fingerprint density at radius 1 is 1.10 bits per heavy atom. The highest BCUT2D eigenvalue weighted by atomic mass is 16.5. The van der Waals surface area contributed by atoms with Gasteiger partial charge in [0.1, 0.15) is 11.4 Å². The summed E-state index contributed by atoms with van der Waals surface area (Å²) in [4.78, 5) is 37.9. The van der Waals surface area contributed by atoms with Crippen molar-refractivity contribution in [2.24, 2.45) is 5.18 Å². The van der Waals surface area contributed by atoms with Gasteiger partial charge in [0.2, 0.25) is 5.91 Å². The summed E-state index contributed by atoms with van der Waals surface area (Å²) < 4.78 is 5.11. The van der Waals surface area contributed by atoms with Crippen molar-refractivity contribution >= 4 is 29.0 Å². The number of nitroso groups, excluding NO2 is 1. The maximum Gasteiger partial charge on any atom is 0.343 e. The van der Waals surface area contributed by atoms with Gasteiger partial charge in [0.15, 0.2) is 0 Å². The van der Waals surface area contributed by atoms with Crippen LogP contribution in [0.15, 0.2) is 53.7 Å². The number of nitrogens with zero attached hydrogens (tertiary/aromatic N) is 3. The molecular weight excluding hydrogens is 386 g/mol. The lowest BCUT2D eigenvalue weighted by Gasteiger charge is -2.40. The van der Waals surface area contributed by atoms with Gasteiger partial charge in [0.25, 0.3) is 0 Å². The van der Waals surface area contributed by atoms with E-state index >= 15 is 0 Å². The first-order valence-electron chi connectivity index (χ1n) is 9.76. The number of nitrogens with one attached hydrogen (secondary N) is 2. The summed E-state index contributed by atoms with van der Waals surface area (Å²) in [6.45, 7) is 1.48. The molecule has 0 unspecified atom stereocenters. The molecule has 2 fully saturated rings. The van der Waals surface area contributed by atoms with Crippen LogP contribution in [0.5, 0.6) is 5.75 Å². The van der Waals surface area contributed by atoms with Crippen molar-refractivity contribution in [2.75, 3.05) is 30.4 Å². The molecule has 0 atom stereocenters. The largest absolute Gasteiger partial charge is 0.497 e. The number of piperidine rings is 1. The second-order valence-electron chi connectivity index (χ2n) is 7.55. The Kier molecular flexibility index (Phi) is 5.37. The van der Waals surface area contributed by atoms with Gasteiger partial charge >= 0.3 is 6.03 Å². The molecule has 9 heteroatoms. The van der Waals surface area contributed by atoms with Crippen molar-refractivity contribution in [1.82, 2.24) is 10.4 Å². The number of hydrogen-bond donors (Lipinski definition) is 2. The van der Waals surface area contributed by atoms with Gasteiger partial charge in [-0.3, -0.25) is 4.79 Å². The molecule has 0 saturated carbocycles. The van der Waals surface area contributed by atoms with E-state index in [1.807, 2.05) is 12.1 Å². The third kappa shape index (κ3) is 3.97. The van der Waals surface area contributed by atoms with Crippen molar-refractivity contribution in [3.8, 4) is 5.75 Å². The number of hydrazine groups is 1. The van der Waals surface area contributed by atoms with Crippen molar-refractivity contribution in [3.63, 3.8) is 0 Å². The fourth-order valence-corrected chi connectivity index (χ4v) is 3.93. The summed E-state index contributed by atoms with van der Waals surface area (Å²) in [7, 11) is 1.57. The number of imide groups is 1. The lowest BCUT2D eigenvalue weighted by molar-refractivity contribution is -0.126. The minimum atomic E-state index is -0.499. The highest BCUT2D eigenvalue weighted by molar-refractivity contribution is 6.02. The minimum Gasteiger partial charge on any atom is -0.497 e. The van der Waals surface area contributed by atoms with Crippen LogP contribution in [0.25, 0.3) is 0 Å². The number of carbonyl (C=O) groups is 2. The highest BCUT2D eigenvalue weighted by Gasteiger charge is 2.46. The monoisotopic (exact) mass is 409 g/mol. The van der Waals surface area contributed by atoms with Crippen LogP contribution >= 0.6 is 0 Å². The van der Waals surface area contributed by atoms with Crippen molar-refractivity contribution < 1.29 is 14.3 Å². The smallest absolute Gasteiger partial charge is 0.343 e. The molecular formula is C21H23N5O4. The fourth-order valence-electron chi connectivity index (χ4n) is 3.93. The molecule has 0 aromatic heterocycles. The Bertz CT molecular complexity index is 937. The maximum absolute atomic E-state index is 12.6. The van der Waals surface area contributed by atoms with E-state index in [0.717, 1.165) is 36.6 Å². The average Bonchev–Trinajstić information content (AvgIpc) is 3.10. The van der Waals surface area contributed by atoms with E-state index in [1.165, 1.54) is 0 Å². The van der Waals surface area contributed by atoms with E-state index in [4.69, 9.17) is 4.74 Å². The lowest BCUT2D eigenvalue weighted by Crippen LogP contribution is -2.55. The number of benzene rings is 2. The lowest BCUT2D eigenvalue weighted by atomic mass is 9.86. The van der Waals surface area contributed by atoms with Gasteiger partial charge in [0.05, 0.1) is 12.6 Å². The van der Waals surface area contributed by atoms with Crippen LogP contribution in [0.2, 0.25) is 0 Å². The summed E-state index contributed by atoms with van der Waals surface area (Å²) in [6.07, 6.45) is 1.72. The molecule has 30 heavy (non-hydrogen) atoms. The van der Waals surface area contributed by atoms with Crippen molar-refractivity contribution in [1.29, 1.82) is 0 Å². The molecule has 2 aliphatic rings. The summed E-state index contributed by atoms with van der Waals surface area (Å²) in [5.74, 6) is 0.446. The molecule has 3 amide bonds. The van der Waals surface area contributed by atoms with Gasteiger partial charge < -0.3 is 15.0 Å². The molecule has 1 spiro atoms. The number of anilines is 2. The Morgan fingerprint density at radius 2 is 1.77 bits per heavy atom. The van der Waals surface area contributed by atoms with E-state index in [0.29, 0.717) is 17.1 Å². The number of rotatable bonds is 4. The zero-order chi connectivity index (χ0) is 21.1. The molecule has 2 aromatic rings. The van der Waals surface area contributed by atoms with Crippen molar-refractivity contribution in [3.05, 3.63) is 53.4 Å². The average molecular weight is 409 g/mol. The first-order valence-corrected chi connectivity index (χ1v) is 9.76. The Morgan fingerprint density at radius 3 is 2.37 bits per heavy atom. The third-order valence-electron chi connectivity index (χ3n) is 5.67.